The standard InChI is InChI=1S/C14H24BrN5O/c1-10(2)9-20(6-5-19(3)4)14(21)12-7-11(15)8-17-13(12)18-16/h7-8,10H,5-6,9,16H2,1-4H3,(H,17,18). The predicted molar refractivity (Wildman–Crippen MR) is 89.0 cm³/mol. The summed E-state index contributed by atoms with van der Waals surface area (Å²) in [7, 11) is 3.98. The van der Waals surface area contributed by atoms with Gasteiger partial charge in [-0.15, -0.1) is 0 Å². The van der Waals surface area contributed by atoms with Gasteiger partial charge in [-0.05, 0) is 42.0 Å². The summed E-state index contributed by atoms with van der Waals surface area (Å²) in [5.74, 6) is 6.18. The molecule has 6 nitrogen and oxygen atoms in total. The predicted octanol–water partition coefficient (Wildman–Crippen LogP) is 1.79. The van der Waals surface area contributed by atoms with Crippen molar-refractivity contribution in [2.75, 3.05) is 39.2 Å². The van der Waals surface area contributed by atoms with Crippen LogP contribution in [0.3, 0.4) is 0 Å². The molecule has 0 atom stereocenters. The van der Waals surface area contributed by atoms with E-state index < -0.39 is 0 Å². The van der Waals surface area contributed by atoms with Crippen molar-refractivity contribution in [3.05, 3.63) is 22.3 Å². The Morgan fingerprint density at radius 2 is 2.10 bits per heavy atom. The first-order valence-electron chi connectivity index (χ1n) is 6.91. The number of amides is 1. The van der Waals surface area contributed by atoms with E-state index in [-0.39, 0.29) is 5.91 Å². The van der Waals surface area contributed by atoms with Gasteiger partial charge in [-0.3, -0.25) is 4.79 Å². The third kappa shape index (κ3) is 5.61. The lowest BCUT2D eigenvalue weighted by molar-refractivity contribution is 0.0725. The number of nitrogens with two attached hydrogens (primary N) is 1. The molecule has 1 amide bonds. The van der Waals surface area contributed by atoms with Crippen LogP contribution in [-0.2, 0) is 0 Å². The van der Waals surface area contributed by atoms with Crippen LogP contribution in [0, 0.1) is 5.92 Å². The van der Waals surface area contributed by atoms with E-state index in [0.717, 1.165) is 11.0 Å². The smallest absolute Gasteiger partial charge is 0.257 e. The van der Waals surface area contributed by atoms with Crippen molar-refractivity contribution < 1.29 is 4.79 Å². The minimum Gasteiger partial charge on any atom is -0.337 e. The number of nitrogens with one attached hydrogen (secondary N) is 1. The summed E-state index contributed by atoms with van der Waals surface area (Å²) in [5, 5.41) is 0. The van der Waals surface area contributed by atoms with Crippen molar-refractivity contribution in [2.45, 2.75) is 13.8 Å². The Labute approximate surface area is 134 Å². The number of nitrogen functional groups attached to an aromatic ring is 1. The second-order valence-electron chi connectivity index (χ2n) is 5.64. The topological polar surface area (TPSA) is 74.5 Å². The average Bonchev–Trinajstić information content (AvgIpc) is 2.42. The van der Waals surface area contributed by atoms with Crippen LogP contribution in [0.1, 0.15) is 24.2 Å². The molecule has 0 saturated heterocycles. The lowest BCUT2D eigenvalue weighted by Crippen LogP contribution is -2.39. The molecule has 118 valence electrons. The zero-order valence-electron chi connectivity index (χ0n) is 13.1. The molecule has 0 aliphatic carbocycles. The van der Waals surface area contributed by atoms with Gasteiger partial charge in [0, 0.05) is 30.3 Å². The molecule has 0 radical (unpaired) electrons. The summed E-state index contributed by atoms with van der Waals surface area (Å²) < 4.78 is 0.752. The maximum Gasteiger partial charge on any atom is 0.257 e. The molecule has 1 aromatic rings. The highest BCUT2D eigenvalue weighted by molar-refractivity contribution is 9.10. The van der Waals surface area contributed by atoms with E-state index >= 15 is 0 Å². The van der Waals surface area contributed by atoms with Gasteiger partial charge in [0.15, 0.2) is 5.82 Å². The molecule has 0 bridgehead atoms. The van der Waals surface area contributed by atoms with Crippen LogP contribution in [-0.4, -0.2) is 54.4 Å². The Bertz CT molecular complexity index is 478. The molecule has 7 heteroatoms. The van der Waals surface area contributed by atoms with Crippen molar-refractivity contribution in [2.24, 2.45) is 11.8 Å². The number of hydrogen-bond donors (Lipinski definition) is 2. The Kier molecular flexibility index (Phi) is 7.07. The Morgan fingerprint density at radius 3 is 2.62 bits per heavy atom. The maximum atomic E-state index is 12.8. The third-order valence-electron chi connectivity index (χ3n) is 2.91. The average molecular weight is 358 g/mol. The van der Waals surface area contributed by atoms with E-state index in [1.54, 1.807) is 12.3 Å². The van der Waals surface area contributed by atoms with Crippen LogP contribution in [0.4, 0.5) is 5.82 Å². The van der Waals surface area contributed by atoms with E-state index in [1.165, 1.54) is 0 Å². The minimum atomic E-state index is -0.0627. The van der Waals surface area contributed by atoms with Crippen LogP contribution in [0.15, 0.2) is 16.7 Å². The molecule has 1 aromatic heterocycles. The van der Waals surface area contributed by atoms with Gasteiger partial charge in [0.1, 0.15) is 0 Å². The highest BCUT2D eigenvalue weighted by Gasteiger charge is 2.21. The van der Waals surface area contributed by atoms with E-state index in [4.69, 9.17) is 5.84 Å². The molecule has 1 rings (SSSR count). The molecule has 0 aliphatic rings. The molecular weight excluding hydrogens is 334 g/mol. The van der Waals surface area contributed by atoms with Crippen molar-refractivity contribution in [3.8, 4) is 0 Å². The molecule has 1 heterocycles. The van der Waals surface area contributed by atoms with Crippen LogP contribution < -0.4 is 11.3 Å². The summed E-state index contributed by atoms with van der Waals surface area (Å²) in [6, 6.07) is 1.74. The first-order valence-corrected chi connectivity index (χ1v) is 7.70. The first kappa shape index (κ1) is 17.9. The molecule has 0 aliphatic heterocycles. The van der Waals surface area contributed by atoms with Gasteiger partial charge in [0.05, 0.1) is 5.56 Å². The number of hydrogen-bond acceptors (Lipinski definition) is 5. The minimum absolute atomic E-state index is 0.0627. The van der Waals surface area contributed by atoms with Crippen LogP contribution in [0.25, 0.3) is 0 Å². The molecule has 3 N–H and O–H groups in total. The highest BCUT2D eigenvalue weighted by Crippen LogP contribution is 2.19. The Balaban J connectivity index is 3.00. The number of nitrogens with zero attached hydrogens (tertiary/aromatic N) is 3. The number of likely N-dealkylation sites (N-methyl/N-ethyl adjacent to an activating group) is 1. The number of carbonyl (C=O) groups is 1. The Hall–Kier alpha value is -1.18. The lowest BCUT2D eigenvalue weighted by atomic mass is 10.1. The summed E-state index contributed by atoms with van der Waals surface area (Å²) in [4.78, 5) is 20.8. The van der Waals surface area contributed by atoms with Crippen molar-refractivity contribution in [3.63, 3.8) is 0 Å². The van der Waals surface area contributed by atoms with Crippen molar-refractivity contribution in [1.29, 1.82) is 0 Å². The number of rotatable bonds is 7. The molecule has 0 unspecified atom stereocenters. The molecular formula is C14H24BrN5O. The van der Waals surface area contributed by atoms with Gasteiger partial charge >= 0.3 is 0 Å². The van der Waals surface area contributed by atoms with Crippen molar-refractivity contribution >= 4 is 27.7 Å². The third-order valence-corrected chi connectivity index (χ3v) is 3.35. The van der Waals surface area contributed by atoms with Gasteiger partial charge in [-0.1, -0.05) is 13.8 Å². The number of anilines is 1. The van der Waals surface area contributed by atoms with Crippen molar-refractivity contribution in [1.82, 2.24) is 14.8 Å². The zero-order valence-corrected chi connectivity index (χ0v) is 14.6. The molecule has 0 aromatic carbocycles. The maximum absolute atomic E-state index is 12.8. The fourth-order valence-electron chi connectivity index (χ4n) is 1.92. The van der Waals surface area contributed by atoms with E-state index in [2.05, 4.69) is 45.1 Å². The number of aromatic nitrogens is 1. The van der Waals surface area contributed by atoms with E-state index in [1.807, 2.05) is 19.0 Å². The zero-order chi connectivity index (χ0) is 16.0. The van der Waals surface area contributed by atoms with Crippen LogP contribution in [0.2, 0.25) is 0 Å². The second-order valence-corrected chi connectivity index (χ2v) is 6.56. The summed E-state index contributed by atoms with van der Waals surface area (Å²) in [6.07, 6.45) is 1.61. The normalized spacial score (nSPS) is 11.0. The van der Waals surface area contributed by atoms with Gasteiger partial charge in [-0.2, -0.15) is 0 Å². The van der Waals surface area contributed by atoms with Crippen LogP contribution in [0.5, 0.6) is 0 Å². The summed E-state index contributed by atoms with van der Waals surface area (Å²) in [6.45, 7) is 6.36. The fraction of sp³-hybridized carbons (Fsp3) is 0.571. The largest absolute Gasteiger partial charge is 0.337 e. The van der Waals surface area contributed by atoms with Gasteiger partial charge in [-0.25, -0.2) is 10.8 Å². The number of halogens is 1. The van der Waals surface area contributed by atoms with E-state index in [0.29, 0.717) is 30.4 Å². The fourth-order valence-corrected chi connectivity index (χ4v) is 2.26. The molecule has 0 fully saturated rings. The van der Waals surface area contributed by atoms with E-state index in [9.17, 15) is 4.79 Å². The lowest BCUT2D eigenvalue weighted by Gasteiger charge is -2.26. The molecule has 0 saturated carbocycles. The molecule has 21 heavy (non-hydrogen) atoms. The Morgan fingerprint density at radius 1 is 1.43 bits per heavy atom. The molecule has 0 spiro atoms. The quantitative estimate of drug-likeness (QED) is 0.574. The second kappa shape index (κ2) is 8.31. The number of pyridine rings is 1. The van der Waals surface area contributed by atoms with Gasteiger partial charge < -0.3 is 15.2 Å². The SMILES string of the molecule is CC(C)CN(CCN(C)C)C(=O)c1cc(Br)cnc1NN. The summed E-state index contributed by atoms with van der Waals surface area (Å²) >= 11 is 3.35. The monoisotopic (exact) mass is 357 g/mol. The first-order chi connectivity index (χ1) is 9.85. The highest BCUT2D eigenvalue weighted by atomic mass is 79.9. The van der Waals surface area contributed by atoms with Gasteiger partial charge in [0.25, 0.3) is 5.91 Å². The van der Waals surface area contributed by atoms with Gasteiger partial charge in [0.2, 0.25) is 0 Å². The number of carbonyl (C=O) groups excluding carboxylic acids is 1. The van der Waals surface area contributed by atoms with Crippen LogP contribution >= 0.6 is 15.9 Å². The summed E-state index contributed by atoms with van der Waals surface area (Å²) in [5.41, 5.74) is 2.96. The number of hydrazine groups is 1.